The van der Waals surface area contributed by atoms with E-state index in [0.29, 0.717) is 0 Å². The van der Waals surface area contributed by atoms with Crippen LogP contribution >= 0.6 is 0 Å². The Balaban J connectivity index is 0.00000363. The summed E-state index contributed by atoms with van der Waals surface area (Å²) in [7, 11) is 0. The molecule has 0 N–H and O–H groups in total. The molecule has 0 spiro atoms. The molecule has 172 valence electrons. The molecule has 2 aromatic heterocycles. The minimum atomic E-state index is 0. The largest absolute Gasteiger partial charge is 1.00 e. The number of benzene rings is 1. The molecule has 0 unspecified atom stereocenters. The van der Waals surface area contributed by atoms with Crippen molar-refractivity contribution in [1.29, 1.82) is 0 Å². The Labute approximate surface area is 201 Å². The molecule has 0 fully saturated rings. The number of hydrogen-bond donors (Lipinski definition) is 0. The molecule has 0 aliphatic carbocycles. The van der Waals surface area contributed by atoms with E-state index in [0.717, 1.165) is 18.7 Å². The standard InChI is InChI=1S/C29H39N2.ClH/c1-2-3-4-5-6-7-8-9-10-14-21-28-27(25-26-18-12-11-13-19-26)20-17-24-31(28)29-22-15-16-23-30-29;/h11-13,15-20,22-24H,2-10,14,21,25H2,1H3;1H/q+1;/p-1. The van der Waals surface area contributed by atoms with Crippen molar-refractivity contribution in [2.75, 3.05) is 0 Å². The Bertz CT molecular complexity index is 865. The zero-order valence-corrected chi connectivity index (χ0v) is 20.4. The Morgan fingerprint density at radius 2 is 1.34 bits per heavy atom. The van der Waals surface area contributed by atoms with Crippen molar-refractivity contribution in [1.82, 2.24) is 4.98 Å². The quantitative estimate of drug-likeness (QED) is 0.262. The van der Waals surface area contributed by atoms with Gasteiger partial charge in [-0.05, 0) is 34.7 Å². The van der Waals surface area contributed by atoms with E-state index >= 15 is 0 Å². The second-order valence-electron chi connectivity index (χ2n) is 8.63. The van der Waals surface area contributed by atoms with E-state index in [4.69, 9.17) is 0 Å². The van der Waals surface area contributed by atoms with Crippen molar-refractivity contribution in [3.8, 4) is 5.82 Å². The monoisotopic (exact) mass is 450 g/mol. The van der Waals surface area contributed by atoms with Crippen LogP contribution in [0, 0.1) is 0 Å². The second kappa shape index (κ2) is 15.6. The van der Waals surface area contributed by atoms with Crippen LogP contribution < -0.4 is 17.0 Å². The number of aromatic nitrogens is 2. The summed E-state index contributed by atoms with van der Waals surface area (Å²) < 4.78 is 2.30. The van der Waals surface area contributed by atoms with Crippen LogP contribution in [-0.4, -0.2) is 4.98 Å². The van der Waals surface area contributed by atoms with E-state index in [-0.39, 0.29) is 12.4 Å². The lowest BCUT2D eigenvalue weighted by Crippen LogP contribution is -3.00. The molecule has 2 nitrogen and oxygen atoms in total. The summed E-state index contributed by atoms with van der Waals surface area (Å²) in [6.07, 6.45) is 19.8. The van der Waals surface area contributed by atoms with Gasteiger partial charge < -0.3 is 12.4 Å². The molecule has 0 amide bonds. The lowest BCUT2D eigenvalue weighted by atomic mass is 9.99. The molecule has 32 heavy (non-hydrogen) atoms. The highest BCUT2D eigenvalue weighted by atomic mass is 35.5. The van der Waals surface area contributed by atoms with Crippen LogP contribution in [0.3, 0.4) is 0 Å². The molecular formula is C29H39ClN2. The number of pyridine rings is 2. The number of unbranched alkanes of at least 4 members (excludes halogenated alkanes) is 9. The fourth-order valence-corrected chi connectivity index (χ4v) is 4.33. The van der Waals surface area contributed by atoms with Crippen molar-refractivity contribution in [2.24, 2.45) is 0 Å². The third kappa shape index (κ3) is 8.74. The average Bonchev–Trinajstić information content (AvgIpc) is 2.82. The Morgan fingerprint density at radius 1 is 0.688 bits per heavy atom. The Morgan fingerprint density at radius 3 is 2.00 bits per heavy atom. The maximum atomic E-state index is 4.62. The summed E-state index contributed by atoms with van der Waals surface area (Å²) >= 11 is 0. The van der Waals surface area contributed by atoms with Crippen LogP contribution in [0.15, 0.2) is 73.1 Å². The van der Waals surface area contributed by atoms with Gasteiger partial charge >= 0.3 is 5.82 Å². The van der Waals surface area contributed by atoms with Crippen LogP contribution in [0.2, 0.25) is 0 Å². The minimum absolute atomic E-state index is 0. The number of rotatable bonds is 14. The molecule has 0 bridgehead atoms. The fourth-order valence-electron chi connectivity index (χ4n) is 4.33. The van der Waals surface area contributed by atoms with E-state index in [2.05, 4.69) is 77.3 Å². The van der Waals surface area contributed by atoms with E-state index in [1.807, 2.05) is 12.3 Å². The lowest BCUT2D eigenvalue weighted by Gasteiger charge is -2.12. The van der Waals surface area contributed by atoms with Crippen LogP contribution in [0.1, 0.15) is 88.0 Å². The predicted octanol–water partition coefficient (Wildman–Crippen LogP) is 4.42. The highest BCUT2D eigenvalue weighted by molar-refractivity contribution is 5.28. The third-order valence-electron chi connectivity index (χ3n) is 6.09. The highest BCUT2D eigenvalue weighted by Crippen LogP contribution is 2.17. The fraction of sp³-hybridized carbons (Fsp3) is 0.448. The Kier molecular flexibility index (Phi) is 12.7. The molecule has 2 heterocycles. The first-order chi connectivity index (χ1) is 15.4. The average molecular weight is 451 g/mol. The van der Waals surface area contributed by atoms with Gasteiger partial charge in [0, 0.05) is 18.9 Å². The molecular weight excluding hydrogens is 412 g/mol. The smallest absolute Gasteiger partial charge is 0.327 e. The molecule has 3 rings (SSSR count). The van der Waals surface area contributed by atoms with Gasteiger partial charge in [-0.25, -0.2) is 4.57 Å². The predicted molar refractivity (Wildman–Crippen MR) is 131 cm³/mol. The summed E-state index contributed by atoms with van der Waals surface area (Å²) in [5, 5.41) is 0. The molecule has 0 saturated heterocycles. The van der Waals surface area contributed by atoms with Crippen molar-refractivity contribution in [3.05, 3.63) is 89.9 Å². The van der Waals surface area contributed by atoms with Gasteiger partial charge in [0.25, 0.3) is 0 Å². The molecule has 3 heteroatoms. The van der Waals surface area contributed by atoms with Crippen LogP contribution in [0.4, 0.5) is 0 Å². The Hall–Kier alpha value is -2.19. The summed E-state index contributed by atoms with van der Waals surface area (Å²) in [5.74, 6) is 1.01. The van der Waals surface area contributed by atoms with Gasteiger partial charge in [-0.3, -0.25) is 0 Å². The molecule has 3 aromatic rings. The summed E-state index contributed by atoms with van der Waals surface area (Å²) in [4.78, 5) is 4.62. The van der Waals surface area contributed by atoms with Gasteiger partial charge in [0.15, 0.2) is 0 Å². The summed E-state index contributed by atoms with van der Waals surface area (Å²) in [5.41, 5.74) is 4.19. The number of halogens is 1. The van der Waals surface area contributed by atoms with E-state index in [1.165, 1.54) is 81.0 Å². The third-order valence-corrected chi connectivity index (χ3v) is 6.09. The van der Waals surface area contributed by atoms with Gasteiger partial charge in [0.2, 0.25) is 0 Å². The molecule has 0 radical (unpaired) electrons. The van der Waals surface area contributed by atoms with Crippen LogP contribution in [0.5, 0.6) is 0 Å². The summed E-state index contributed by atoms with van der Waals surface area (Å²) in [6.45, 7) is 2.29. The molecule has 1 aromatic carbocycles. The normalized spacial score (nSPS) is 10.7. The van der Waals surface area contributed by atoms with Crippen molar-refractivity contribution in [3.63, 3.8) is 0 Å². The first-order valence-electron chi connectivity index (χ1n) is 12.4. The molecule has 0 aliphatic rings. The maximum absolute atomic E-state index is 4.62. The van der Waals surface area contributed by atoms with Gasteiger partial charge in [-0.2, -0.15) is 0 Å². The van der Waals surface area contributed by atoms with Crippen molar-refractivity contribution < 1.29 is 17.0 Å². The number of hydrogen-bond acceptors (Lipinski definition) is 1. The van der Waals surface area contributed by atoms with Gasteiger partial charge in [0.05, 0.1) is 6.20 Å². The number of nitrogens with zero attached hydrogens (tertiary/aromatic N) is 2. The zero-order valence-electron chi connectivity index (χ0n) is 19.7. The van der Waals surface area contributed by atoms with E-state index < -0.39 is 0 Å². The van der Waals surface area contributed by atoms with Gasteiger partial charge in [-0.1, -0.05) is 107 Å². The molecule has 0 aliphatic heterocycles. The zero-order chi connectivity index (χ0) is 21.6. The first kappa shape index (κ1) is 26.1. The van der Waals surface area contributed by atoms with E-state index in [1.54, 1.807) is 0 Å². The van der Waals surface area contributed by atoms with Crippen molar-refractivity contribution >= 4 is 0 Å². The maximum Gasteiger partial charge on any atom is 0.327 e. The van der Waals surface area contributed by atoms with Crippen molar-refractivity contribution in [2.45, 2.75) is 84.0 Å². The molecule has 0 atom stereocenters. The SMILES string of the molecule is CCCCCCCCCCCCc1c(Cc2ccccc2)ccc[n+]1-c1ccccn1.[Cl-]. The van der Waals surface area contributed by atoms with Gasteiger partial charge in [-0.15, -0.1) is 0 Å². The van der Waals surface area contributed by atoms with Gasteiger partial charge in [0.1, 0.15) is 11.9 Å². The first-order valence-corrected chi connectivity index (χ1v) is 12.4. The van der Waals surface area contributed by atoms with E-state index in [9.17, 15) is 0 Å². The lowest BCUT2D eigenvalue weighted by molar-refractivity contribution is -0.608. The highest BCUT2D eigenvalue weighted by Gasteiger charge is 2.16. The molecule has 0 saturated carbocycles. The van der Waals surface area contributed by atoms with Crippen LogP contribution in [-0.2, 0) is 12.8 Å². The summed E-state index contributed by atoms with van der Waals surface area (Å²) in [6, 6.07) is 21.4. The topological polar surface area (TPSA) is 16.8 Å². The van der Waals surface area contributed by atoms with Crippen LogP contribution in [0.25, 0.3) is 5.82 Å². The second-order valence-corrected chi connectivity index (χ2v) is 8.63. The minimum Gasteiger partial charge on any atom is -1.00 e.